The summed E-state index contributed by atoms with van der Waals surface area (Å²) in [4.78, 5) is 18.5. The van der Waals surface area contributed by atoms with E-state index in [-0.39, 0.29) is 18.1 Å². The lowest BCUT2D eigenvalue weighted by Crippen LogP contribution is -2.52. The number of ether oxygens (including phenoxy) is 1. The first-order valence-electron chi connectivity index (χ1n) is 7.80. The first-order chi connectivity index (χ1) is 11.7. The molecule has 1 fully saturated rings. The number of thiazole rings is 1. The van der Waals surface area contributed by atoms with Crippen LogP contribution in [0, 0.1) is 0 Å². The number of hydrogen-bond donors (Lipinski definition) is 2. The number of nitrogens with zero attached hydrogens (tertiary/aromatic N) is 4. The lowest BCUT2D eigenvalue weighted by molar-refractivity contribution is -0.123. The quantitative estimate of drug-likeness (QED) is 0.807. The van der Waals surface area contributed by atoms with Crippen LogP contribution in [-0.2, 0) is 9.53 Å². The molecule has 2 N–H and O–H groups in total. The summed E-state index contributed by atoms with van der Waals surface area (Å²) in [5, 5.41) is 16.3. The van der Waals surface area contributed by atoms with E-state index in [1.165, 1.54) is 11.3 Å². The molecule has 0 aliphatic carbocycles. The van der Waals surface area contributed by atoms with E-state index < -0.39 is 0 Å². The summed E-state index contributed by atoms with van der Waals surface area (Å²) >= 11 is 1.41. The number of morpholine rings is 1. The highest BCUT2D eigenvalue weighted by Gasteiger charge is 2.28. The molecule has 9 heteroatoms. The van der Waals surface area contributed by atoms with Gasteiger partial charge in [0.05, 0.1) is 18.8 Å². The van der Waals surface area contributed by atoms with Gasteiger partial charge in [-0.2, -0.15) is 5.10 Å². The van der Waals surface area contributed by atoms with Crippen LogP contribution in [0.5, 0.6) is 0 Å². The zero-order valence-corrected chi connectivity index (χ0v) is 14.2. The van der Waals surface area contributed by atoms with Crippen molar-refractivity contribution in [3.63, 3.8) is 0 Å². The van der Waals surface area contributed by atoms with Crippen molar-refractivity contribution >= 4 is 28.2 Å². The second-order valence-corrected chi connectivity index (χ2v) is 6.37. The van der Waals surface area contributed by atoms with Gasteiger partial charge in [0.25, 0.3) is 0 Å². The molecule has 0 unspecified atom stereocenters. The molecule has 24 heavy (non-hydrogen) atoms. The first kappa shape index (κ1) is 16.7. The molecule has 0 spiro atoms. The van der Waals surface area contributed by atoms with Crippen LogP contribution in [0.4, 0.5) is 10.9 Å². The highest BCUT2D eigenvalue weighted by Crippen LogP contribution is 2.14. The van der Waals surface area contributed by atoms with Gasteiger partial charge in [0.2, 0.25) is 5.91 Å². The van der Waals surface area contributed by atoms with Crippen LogP contribution >= 0.6 is 11.3 Å². The molecule has 2 atom stereocenters. The number of rotatable bonds is 6. The number of nitrogens with one attached hydrogen (secondary N) is 2. The molecule has 0 saturated carbocycles. The molecule has 0 radical (unpaired) electrons. The van der Waals surface area contributed by atoms with Gasteiger partial charge in [0.1, 0.15) is 5.82 Å². The highest BCUT2D eigenvalue weighted by molar-refractivity contribution is 7.13. The molecule has 2 aromatic rings. The lowest BCUT2D eigenvalue weighted by Gasteiger charge is -2.36. The fourth-order valence-corrected chi connectivity index (χ4v) is 3.02. The van der Waals surface area contributed by atoms with Crippen LogP contribution < -0.4 is 10.6 Å². The van der Waals surface area contributed by atoms with E-state index in [9.17, 15) is 4.79 Å². The van der Waals surface area contributed by atoms with Crippen molar-refractivity contribution < 1.29 is 9.53 Å². The SMILES string of the molecule is C[C@H](C(=O)Nc1nccs1)N1CCO[C@H](CNc2cccnn2)C1. The Morgan fingerprint density at radius 1 is 1.54 bits per heavy atom. The second-order valence-electron chi connectivity index (χ2n) is 5.48. The minimum Gasteiger partial charge on any atom is -0.374 e. The van der Waals surface area contributed by atoms with Gasteiger partial charge in [-0.05, 0) is 19.1 Å². The molecule has 1 aliphatic rings. The van der Waals surface area contributed by atoms with Crippen LogP contribution in [0.1, 0.15) is 6.92 Å². The van der Waals surface area contributed by atoms with Crippen LogP contribution in [0.25, 0.3) is 0 Å². The zero-order valence-electron chi connectivity index (χ0n) is 13.4. The van der Waals surface area contributed by atoms with Crippen molar-refractivity contribution in [1.29, 1.82) is 0 Å². The van der Waals surface area contributed by atoms with Crippen LogP contribution in [-0.4, -0.2) is 64.4 Å². The standard InChI is InChI=1S/C15H20N6O2S/c1-11(14(22)19-15-16-5-8-24-15)21-6-7-23-12(10-21)9-17-13-3-2-4-18-20-13/h2-5,8,11-12H,6-7,9-10H2,1H3,(H,17,20)(H,16,19,22)/t11-,12-/m1/s1. The topological polar surface area (TPSA) is 92.3 Å². The van der Waals surface area contributed by atoms with E-state index in [4.69, 9.17) is 4.74 Å². The Labute approximate surface area is 144 Å². The fraction of sp³-hybridized carbons (Fsp3) is 0.467. The molecule has 1 aliphatic heterocycles. The van der Waals surface area contributed by atoms with Crippen LogP contribution in [0.3, 0.4) is 0 Å². The Balaban J connectivity index is 1.50. The molecule has 3 heterocycles. The Morgan fingerprint density at radius 2 is 2.46 bits per heavy atom. The van der Waals surface area contributed by atoms with Gasteiger partial charge >= 0.3 is 0 Å². The summed E-state index contributed by atoms with van der Waals surface area (Å²) in [5.74, 6) is 0.667. The number of amides is 1. The second kappa shape index (κ2) is 8.13. The van der Waals surface area contributed by atoms with Gasteiger partial charge in [0.15, 0.2) is 5.13 Å². The zero-order chi connectivity index (χ0) is 16.8. The largest absolute Gasteiger partial charge is 0.374 e. The van der Waals surface area contributed by atoms with Crippen molar-refractivity contribution in [3.05, 3.63) is 29.9 Å². The van der Waals surface area contributed by atoms with Crippen molar-refractivity contribution in [2.45, 2.75) is 19.1 Å². The summed E-state index contributed by atoms with van der Waals surface area (Å²) in [6, 6.07) is 3.45. The molecule has 3 rings (SSSR count). The average molecular weight is 348 g/mol. The van der Waals surface area contributed by atoms with Crippen LogP contribution in [0.2, 0.25) is 0 Å². The van der Waals surface area contributed by atoms with E-state index >= 15 is 0 Å². The van der Waals surface area contributed by atoms with Gasteiger partial charge in [-0.15, -0.1) is 16.4 Å². The molecular formula is C15H20N6O2S. The van der Waals surface area contributed by atoms with Crippen molar-refractivity contribution in [2.24, 2.45) is 0 Å². The minimum absolute atomic E-state index is 0.00383. The van der Waals surface area contributed by atoms with E-state index in [0.717, 1.165) is 6.54 Å². The fourth-order valence-electron chi connectivity index (χ4n) is 2.49. The molecule has 1 saturated heterocycles. The maximum Gasteiger partial charge on any atom is 0.243 e. The summed E-state index contributed by atoms with van der Waals surface area (Å²) in [5.41, 5.74) is 0. The number of aromatic nitrogens is 3. The number of carbonyl (C=O) groups is 1. The average Bonchev–Trinajstić information content (AvgIpc) is 3.13. The summed E-state index contributed by atoms with van der Waals surface area (Å²) in [6.45, 7) is 4.53. The molecule has 0 bridgehead atoms. The molecule has 1 amide bonds. The summed E-state index contributed by atoms with van der Waals surface area (Å²) in [7, 11) is 0. The lowest BCUT2D eigenvalue weighted by atomic mass is 10.2. The Morgan fingerprint density at radius 3 is 3.21 bits per heavy atom. The molecule has 0 aromatic carbocycles. The molecule has 8 nitrogen and oxygen atoms in total. The monoisotopic (exact) mass is 348 g/mol. The van der Waals surface area contributed by atoms with E-state index in [1.807, 2.05) is 24.4 Å². The normalized spacial score (nSPS) is 19.6. The number of anilines is 2. The maximum absolute atomic E-state index is 12.3. The summed E-state index contributed by atoms with van der Waals surface area (Å²) in [6.07, 6.45) is 3.30. The Kier molecular flexibility index (Phi) is 5.68. The maximum atomic E-state index is 12.3. The first-order valence-corrected chi connectivity index (χ1v) is 8.68. The van der Waals surface area contributed by atoms with Crippen molar-refractivity contribution in [2.75, 3.05) is 36.9 Å². The molecular weight excluding hydrogens is 328 g/mol. The van der Waals surface area contributed by atoms with Gasteiger partial charge in [-0.3, -0.25) is 9.69 Å². The molecule has 128 valence electrons. The van der Waals surface area contributed by atoms with E-state index in [0.29, 0.717) is 30.6 Å². The van der Waals surface area contributed by atoms with Gasteiger partial charge < -0.3 is 15.4 Å². The third-order valence-corrected chi connectivity index (χ3v) is 4.53. The van der Waals surface area contributed by atoms with Gasteiger partial charge in [-0.1, -0.05) is 0 Å². The van der Waals surface area contributed by atoms with E-state index in [1.54, 1.807) is 12.4 Å². The van der Waals surface area contributed by atoms with Gasteiger partial charge in [-0.25, -0.2) is 4.98 Å². The smallest absolute Gasteiger partial charge is 0.243 e. The van der Waals surface area contributed by atoms with Crippen molar-refractivity contribution in [3.8, 4) is 0 Å². The Hall–Kier alpha value is -2.10. The van der Waals surface area contributed by atoms with Crippen LogP contribution in [0.15, 0.2) is 29.9 Å². The summed E-state index contributed by atoms with van der Waals surface area (Å²) < 4.78 is 5.77. The minimum atomic E-state index is -0.239. The van der Waals surface area contributed by atoms with Crippen molar-refractivity contribution in [1.82, 2.24) is 20.1 Å². The predicted molar refractivity (Wildman–Crippen MR) is 92.0 cm³/mol. The van der Waals surface area contributed by atoms with Gasteiger partial charge in [0, 0.05) is 37.4 Å². The highest BCUT2D eigenvalue weighted by atomic mass is 32.1. The number of carbonyl (C=O) groups excluding carboxylic acids is 1. The number of hydrogen-bond acceptors (Lipinski definition) is 8. The third kappa shape index (κ3) is 4.47. The third-order valence-electron chi connectivity index (χ3n) is 3.84. The van der Waals surface area contributed by atoms with E-state index in [2.05, 4.69) is 30.7 Å². The predicted octanol–water partition coefficient (Wildman–Crippen LogP) is 1.07. The Bertz CT molecular complexity index is 639. The molecule has 2 aromatic heterocycles.